The molecule has 0 aliphatic carbocycles. The van der Waals surface area contributed by atoms with Crippen LogP contribution in [0, 0.1) is 5.92 Å². The summed E-state index contributed by atoms with van der Waals surface area (Å²) < 4.78 is 10.0. The first-order valence-electron chi connectivity index (χ1n) is 6.42. The normalized spacial score (nSPS) is 20.1. The van der Waals surface area contributed by atoms with E-state index in [1.807, 2.05) is 0 Å². The third-order valence-corrected chi connectivity index (χ3v) is 2.64. The van der Waals surface area contributed by atoms with E-state index in [2.05, 4.69) is 0 Å². The maximum atomic E-state index is 11.9. The van der Waals surface area contributed by atoms with Crippen LogP contribution in [-0.4, -0.2) is 48.0 Å². The molecule has 0 aromatic rings. The van der Waals surface area contributed by atoms with Crippen LogP contribution >= 0.6 is 0 Å². The van der Waals surface area contributed by atoms with Gasteiger partial charge in [-0.05, 0) is 34.1 Å². The third kappa shape index (κ3) is 4.54. The van der Waals surface area contributed by atoms with Crippen LogP contribution in [-0.2, 0) is 19.1 Å². The van der Waals surface area contributed by atoms with E-state index in [1.54, 1.807) is 27.7 Å². The lowest BCUT2D eigenvalue weighted by Crippen LogP contribution is -2.47. The van der Waals surface area contributed by atoms with Gasteiger partial charge in [0.05, 0.1) is 13.2 Å². The zero-order valence-corrected chi connectivity index (χ0v) is 11.9. The SMILES string of the molecule is CCOC(=O)N1CCC(C(=O)OC(C)(C)C)C(=O)C1. The van der Waals surface area contributed by atoms with Crippen LogP contribution in [0.4, 0.5) is 4.79 Å². The first-order valence-corrected chi connectivity index (χ1v) is 6.42. The van der Waals surface area contributed by atoms with E-state index in [4.69, 9.17) is 9.47 Å². The van der Waals surface area contributed by atoms with E-state index >= 15 is 0 Å². The number of rotatable bonds is 2. The number of amides is 1. The molecule has 6 heteroatoms. The molecule has 0 spiro atoms. The number of carbonyl (C=O) groups excluding carboxylic acids is 3. The molecule has 108 valence electrons. The highest BCUT2D eigenvalue weighted by Crippen LogP contribution is 2.19. The van der Waals surface area contributed by atoms with Crippen LogP contribution in [0.3, 0.4) is 0 Å². The van der Waals surface area contributed by atoms with Crippen LogP contribution < -0.4 is 0 Å². The summed E-state index contributed by atoms with van der Waals surface area (Å²) >= 11 is 0. The maximum Gasteiger partial charge on any atom is 0.410 e. The monoisotopic (exact) mass is 271 g/mol. The first kappa shape index (κ1) is 15.5. The number of ether oxygens (including phenoxy) is 2. The third-order valence-electron chi connectivity index (χ3n) is 2.64. The van der Waals surface area contributed by atoms with Gasteiger partial charge in [-0.15, -0.1) is 0 Å². The summed E-state index contributed by atoms with van der Waals surface area (Å²) in [5.41, 5.74) is -0.615. The van der Waals surface area contributed by atoms with Crippen molar-refractivity contribution in [1.82, 2.24) is 4.90 Å². The Kier molecular flexibility index (Phi) is 4.91. The van der Waals surface area contributed by atoms with Crippen molar-refractivity contribution in [3.05, 3.63) is 0 Å². The van der Waals surface area contributed by atoms with Crippen LogP contribution in [0.1, 0.15) is 34.1 Å². The van der Waals surface area contributed by atoms with Crippen molar-refractivity contribution >= 4 is 17.8 Å². The minimum Gasteiger partial charge on any atom is -0.459 e. The van der Waals surface area contributed by atoms with Gasteiger partial charge in [-0.3, -0.25) is 9.59 Å². The molecule has 0 saturated carbocycles. The summed E-state index contributed by atoms with van der Waals surface area (Å²) in [6, 6.07) is 0. The van der Waals surface area contributed by atoms with Gasteiger partial charge in [0.25, 0.3) is 0 Å². The molecule has 0 aromatic carbocycles. The fourth-order valence-electron chi connectivity index (χ4n) is 1.82. The van der Waals surface area contributed by atoms with E-state index in [9.17, 15) is 14.4 Å². The lowest BCUT2D eigenvalue weighted by Gasteiger charge is -2.30. The number of hydrogen-bond donors (Lipinski definition) is 0. The lowest BCUT2D eigenvalue weighted by atomic mass is 9.95. The van der Waals surface area contributed by atoms with Crippen LogP contribution in [0.2, 0.25) is 0 Å². The Hall–Kier alpha value is -1.59. The van der Waals surface area contributed by atoms with Crippen LogP contribution in [0.25, 0.3) is 0 Å². The summed E-state index contributed by atoms with van der Waals surface area (Å²) in [5, 5.41) is 0. The Morgan fingerprint density at radius 2 is 2.00 bits per heavy atom. The van der Waals surface area contributed by atoms with Crippen LogP contribution in [0.5, 0.6) is 0 Å². The average molecular weight is 271 g/mol. The van der Waals surface area contributed by atoms with Crippen molar-refractivity contribution in [2.45, 2.75) is 39.7 Å². The smallest absolute Gasteiger partial charge is 0.410 e. The predicted octanol–water partition coefficient (Wildman–Crippen LogP) is 1.38. The van der Waals surface area contributed by atoms with Gasteiger partial charge in [-0.1, -0.05) is 0 Å². The number of carbonyl (C=O) groups is 3. The highest BCUT2D eigenvalue weighted by atomic mass is 16.6. The van der Waals surface area contributed by atoms with Crippen molar-refractivity contribution in [3.8, 4) is 0 Å². The molecular weight excluding hydrogens is 250 g/mol. The molecule has 1 saturated heterocycles. The first-order chi connectivity index (χ1) is 8.74. The number of piperidine rings is 1. The van der Waals surface area contributed by atoms with Gasteiger partial charge >= 0.3 is 12.1 Å². The van der Waals surface area contributed by atoms with Crippen molar-refractivity contribution in [2.75, 3.05) is 19.7 Å². The largest absolute Gasteiger partial charge is 0.459 e. The Morgan fingerprint density at radius 1 is 1.37 bits per heavy atom. The molecule has 6 nitrogen and oxygen atoms in total. The molecule has 1 rings (SSSR count). The maximum absolute atomic E-state index is 11.9. The van der Waals surface area contributed by atoms with E-state index in [-0.39, 0.29) is 25.4 Å². The van der Waals surface area contributed by atoms with Gasteiger partial charge in [0.2, 0.25) is 0 Å². The average Bonchev–Trinajstić information content (AvgIpc) is 2.26. The number of likely N-dealkylation sites (tertiary alicyclic amines) is 1. The Bertz CT molecular complexity index is 372. The molecule has 0 N–H and O–H groups in total. The van der Waals surface area contributed by atoms with Gasteiger partial charge < -0.3 is 14.4 Å². The highest BCUT2D eigenvalue weighted by molar-refractivity contribution is 6.01. The molecule has 1 unspecified atom stereocenters. The summed E-state index contributed by atoms with van der Waals surface area (Å²) in [7, 11) is 0. The second-order valence-electron chi connectivity index (χ2n) is 5.46. The zero-order valence-electron chi connectivity index (χ0n) is 11.9. The van der Waals surface area contributed by atoms with Crippen molar-refractivity contribution in [3.63, 3.8) is 0 Å². The topological polar surface area (TPSA) is 72.9 Å². The molecule has 1 atom stereocenters. The van der Waals surface area contributed by atoms with Gasteiger partial charge in [-0.25, -0.2) is 4.79 Å². The van der Waals surface area contributed by atoms with Crippen molar-refractivity contribution in [2.24, 2.45) is 5.92 Å². The molecule has 1 aliphatic heterocycles. The number of ketones is 1. The number of hydrogen-bond acceptors (Lipinski definition) is 5. The summed E-state index contributed by atoms with van der Waals surface area (Å²) in [6.45, 7) is 7.46. The molecule has 0 radical (unpaired) electrons. The molecular formula is C13H21NO5. The molecule has 0 aromatic heterocycles. The fraction of sp³-hybridized carbons (Fsp3) is 0.769. The van der Waals surface area contributed by atoms with Gasteiger partial charge in [-0.2, -0.15) is 0 Å². The molecule has 1 amide bonds. The number of nitrogens with zero attached hydrogens (tertiary/aromatic N) is 1. The molecule has 1 aliphatic rings. The van der Waals surface area contributed by atoms with Crippen molar-refractivity contribution < 1.29 is 23.9 Å². The molecule has 19 heavy (non-hydrogen) atoms. The summed E-state index contributed by atoms with van der Waals surface area (Å²) in [5.74, 6) is -1.58. The summed E-state index contributed by atoms with van der Waals surface area (Å²) in [4.78, 5) is 36.5. The van der Waals surface area contributed by atoms with E-state index in [0.717, 1.165) is 0 Å². The van der Waals surface area contributed by atoms with E-state index in [1.165, 1.54) is 4.90 Å². The Balaban J connectivity index is 2.57. The highest BCUT2D eigenvalue weighted by Gasteiger charge is 2.37. The van der Waals surface area contributed by atoms with E-state index < -0.39 is 23.6 Å². The molecule has 0 bridgehead atoms. The lowest BCUT2D eigenvalue weighted by molar-refractivity contribution is -0.163. The minimum atomic E-state index is -0.773. The van der Waals surface area contributed by atoms with Crippen molar-refractivity contribution in [1.29, 1.82) is 0 Å². The number of esters is 1. The molecule has 1 heterocycles. The second-order valence-corrected chi connectivity index (χ2v) is 5.46. The Labute approximate surface area is 113 Å². The quantitative estimate of drug-likeness (QED) is 0.560. The van der Waals surface area contributed by atoms with Gasteiger partial charge in [0.15, 0.2) is 5.78 Å². The molecule has 1 fully saturated rings. The van der Waals surface area contributed by atoms with Gasteiger partial charge in [0, 0.05) is 6.54 Å². The van der Waals surface area contributed by atoms with Gasteiger partial charge in [0.1, 0.15) is 11.5 Å². The Morgan fingerprint density at radius 3 is 2.47 bits per heavy atom. The standard InChI is InChI=1S/C13H21NO5/c1-5-18-12(17)14-7-6-9(10(15)8-14)11(16)19-13(2,3)4/h9H,5-8H2,1-4H3. The number of Topliss-reactive ketones (excluding diaryl/α,β-unsaturated/α-hetero) is 1. The predicted molar refractivity (Wildman–Crippen MR) is 67.6 cm³/mol. The van der Waals surface area contributed by atoms with E-state index in [0.29, 0.717) is 6.54 Å². The zero-order chi connectivity index (χ0) is 14.6. The summed E-state index contributed by atoms with van der Waals surface area (Å²) in [6.07, 6.45) is -0.231. The minimum absolute atomic E-state index is 0.0945. The van der Waals surface area contributed by atoms with Crippen LogP contribution in [0.15, 0.2) is 0 Å². The second kappa shape index (κ2) is 6.04. The fourth-order valence-corrected chi connectivity index (χ4v) is 1.82.